The predicted octanol–water partition coefficient (Wildman–Crippen LogP) is 1.85. The number of H-pyrrole nitrogens is 1. The fraction of sp³-hybridized carbons (Fsp3) is 0.714. The first-order chi connectivity index (χ1) is 14.7. The first-order valence-corrected chi connectivity index (χ1v) is 12.0. The summed E-state index contributed by atoms with van der Waals surface area (Å²) in [6.45, 7) is 7.87. The molecule has 2 amide bonds. The van der Waals surface area contributed by atoms with E-state index in [0.29, 0.717) is 17.9 Å². The predicted molar refractivity (Wildman–Crippen MR) is 121 cm³/mol. The number of hydrogen-bond donors (Lipinski definition) is 4. The largest absolute Gasteiger partial charge is 0.480 e. The van der Waals surface area contributed by atoms with Crippen LogP contribution < -0.4 is 10.6 Å². The highest BCUT2D eigenvalue weighted by atomic mass is 32.2. The molecule has 1 rings (SSSR count). The Bertz CT molecular complexity index is 683. The van der Waals surface area contributed by atoms with Gasteiger partial charge in [-0.05, 0) is 30.3 Å². The number of carbonyl (C=O) groups excluding carboxylic acids is 2. The maximum Gasteiger partial charge on any atom is 0.326 e. The molecule has 0 bridgehead atoms. The van der Waals surface area contributed by atoms with Crippen LogP contribution in [0, 0.1) is 11.8 Å². The molecule has 176 valence electrons. The number of nitrogens with one attached hydrogen (secondary N) is 3. The Morgan fingerprint density at radius 1 is 1.26 bits per heavy atom. The van der Waals surface area contributed by atoms with Gasteiger partial charge in [0.05, 0.1) is 31.1 Å². The quantitative estimate of drug-likeness (QED) is 0.316. The van der Waals surface area contributed by atoms with Gasteiger partial charge in [-0.2, -0.15) is 11.8 Å². The monoisotopic (exact) mass is 456 g/mol. The lowest BCUT2D eigenvalue weighted by Gasteiger charge is -2.28. The van der Waals surface area contributed by atoms with E-state index in [4.69, 9.17) is 4.74 Å². The molecule has 0 fully saturated rings. The molecule has 31 heavy (non-hydrogen) atoms. The Kier molecular flexibility index (Phi) is 12.2. The van der Waals surface area contributed by atoms with E-state index in [2.05, 4.69) is 20.6 Å². The lowest BCUT2D eigenvalue weighted by molar-refractivity contribution is -0.146. The molecule has 1 heterocycles. The van der Waals surface area contributed by atoms with E-state index in [0.717, 1.165) is 6.42 Å². The second-order valence-electron chi connectivity index (χ2n) is 7.98. The van der Waals surface area contributed by atoms with Crippen molar-refractivity contribution >= 4 is 29.5 Å². The van der Waals surface area contributed by atoms with Gasteiger partial charge in [0.2, 0.25) is 11.8 Å². The molecule has 0 saturated heterocycles. The van der Waals surface area contributed by atoms with Crippen LogP contribution in [0.5, 0.6) is 0 Å². The van der Waals surface area contributed by atoms with Gasteiger partial charge in [-0.25, -0.2) is 9.78 Å². The fourth-order valence-electron chi connectivity index (χ4n) is 2.97. The molecular formula is C21H36N4O5S. The molecule has 0 aliphatic carbocycles. The summed E-state index contributed by atoms with van der Waals surface area (Å²) < 4.78 is 5.92. The van der Waals surface area contributed by atoms with Gasteiger partial charge in [0, 0.05) is 6.20 Å². The van der Waals surface area contributed by atoms with Gasteiger partial charge in [0.15, 0.2) is 0 Å². The lowest BCUT2D eigenvalue weighted by Crippen LogP contribution is -2.50. The number of imidazole rings is 1. The second-order valence-corrected chi connectivity index (χ2v) is 8.96. The standard InChI is InChI=1S/C21H36N4O5S/c1-6-14(4)17(24-18(26)9-15-10-22-12-23-15)11-30-19(13(2)3)20(27)25-16(21(28)29)7-8-31-5/h10,12-14,16-17,19H,6-9,11H2,1-5H3,(H,22,23)(H,24,26)(H,25,27)(H,28,29). The molecule has 1 aromatic heterocycles. The number of rotatable bonds is 15. The van der Waals surface area contributed by atoms with Gasteiger partial charge in [0.25, 0.3) is 0 Å². The van der Waals surface area contributed by atoms with Crippen LogP contribution >= 0.6 is 11.8 Å². The number of nitrogens with zero attached hydrogens (tertiary/aromatic N) is 1. The van der Waals surface area contributed by atoms with Crippen LogP contribution in [0.4, 0.5) is 0 Å². The zero-order valence-corrected chi connectivity index (χ0v) is 19.8. The fourth-order valence-corrected chi connectivity index (χ4v) is 3.44. The molecule has 10 heteroatoms. The van der Waals surface area contributed by atoms with Crippen molar-refractivity contribution in [1.29, 1.82) is 0 Å². The summed E-state index contributed by atoms with van der Waals surface area (Å²) in [5.74, 6) is -1.08. The topological polar surface area (TPSA) is 133 Å². The number of thioether (sulfide) groups is 1. The van der Waals surface area contributed by atoms with Crippen LogP contribution in [-0.4, -0.2) is 69.7 Å². The molecule has 0 aliphatic heterocycles. The number of aromatic nitrogens is 2. The highest BCUT2D eigenvalue weighted by molar-refractivity contribution is 7.98. The van der Waals surface area contributed by atoms with Crippen LogP contribution in [-0.2, 0) is 25.5 Å². The summed E-state index contributed by atoms with van der Waals surface area (Å²) in [6.07, 6.45) is 5.58. The minimum atomic E-state index is -1.06. The third kappa shape index (κ3) is 9.73. The summed E-state index contributed by atoms with van der Waals surface area (Å²) in [5, 5.41) is 15.0. The van der Waals surface area contributed by atoms with Crippen LogP contribution in [0.2, 0.25) is 0 Å². The second kappa shape index (κ2) is 14.1. The Hall–Kier alpha value is -2.07. The van der Waals surface area contributed by atoms with Crippen molar-refractivity contribution in [3.8, 4) is 0 Å². The Labute approximate surface area is 188 Å². The summed E-state index contributed by atoms with van der Waals surface area (Å²) in [6, 6.07) is -1.24. The SMILES string of the molecule is CCC(C)C(COC(C(=O)NC(CCSC)C(=O)O)C(C)C)NC(=O)Cc1c[nH]cn1. The average molecular weight is 457 g/mol. The van der Waals surface area contributed by atoms with Crippen molar-refractivity contribution in [2.75, 3.05) is 18.6 Å². The smallest absolute Gasteiger partial charge is 0.326 e. The number of carboxylic acid groups (broad SMARTS) is 1. The molecule has 9 nitrogen and oxygen atoms in total. The van der Waals surface area contributed by atoms with Gasteiger partial charge in [-0.15, -0.1) is 0 Å². The van der Waals surface area contributed by atoms with Crippen LogP contribution in [0.25, 0.3) is 0 Å². The first-order valence-electron chi connectivity index (χ1n) is 10.6. The Morgan fingerprint density at radius 3 is 2.48 bits per heavy atom. The number of carbonyl (C=O) groups is 3. The number of amides is 2. The highest BCUT2D eigenvalue weighted by Gasteiger charge is 2.29. The van der Waals surface area contributed by atoms with E-state index in [-0.39, 0.29) is 36.8 Å². The molecular weight excluding hydrogens is 420 g/mol. The van der Waals surface area contributed by atoms with Gasteiger partial charge >= 0.3 is 5.97 Å². The Morgan fingerprint density at radius 2 is 1.97 bits per heavy atom. The molecule has 0 aromatic carbocycles. The summed E-state index contributed by atoms with van der Waals surface area (Å²) >= 11 is 1.52. The molecule has 4 N–H and O–H groups in total. The molecule has 4 atom stereocenters. The number of aromatic amines is 1. The van der Waals surface area contributed by atoms with Crippen molar-refractivity contribution in [2.24, 2.45) is 11.8 Å². The van der Waals surface area contributed by atoms with E-state index in [1.54, 1.807) is 6.20 Å². The maximum atomic E-state index is 12.7. The van der Waals surface area contributed by atoms with E-state index in [9.17, 15) is 19.5 Å². The Balaban J connectivity index is 2.75. The van der Waals surface area contributed by atoms with E-state index in [1.807, 2.05) is 34.0 Å². The lowest BCUT2D eigenvalue weighted by atomic mass is 9.99. The zero-order chi connectivity index (χ0) is 23.4. The van der Waals surface area contributed by atoms with Crippen molar-refractivity contribution in [3.63, 3.8) is 0 Å². The zero-order valence-electron chi connectivity index (χ0n) is 19.0. The van der Waals surface area contributed by atoms with E-state index < -0.39 is 24.0 Å². The maximum absolute atomic E-state index is 12.7. The van der Waals surface area contributed by atoms with Gasteiger partial charge in [0.1, 0.15) is 12.1 Å². The first kappa shape index (κ1) is 27.0. The van der Waals surface area contributed by atoms with Crippen molar-refractivity contribution in [2.45, 2.75) is 65.1 Å². The average Bonchev–Trinajstić information content (AvgIpc) is 3.22. The van der Waals surface area contributed by atoms with Crippen LogP contribution in [0.15, 0.2) is 12.5 Å². The van der Waals surface area contributed by atoms with Gasteiger partial charge < -0.3 is 25.5 Å². The van der Waals surface area contributed by atoms with Crippen molar-refractivity contribution in [1.82, 2.24) is 20.6 Å². The molecule has 0 saturated carbocycles. The molecule has 4 unspecified atom stereocenters. The molecule has 1 aromatic rings. The molecule has 0 radical (unpaired) electrons. The summed E-state index contributed by atoms with van der Waals surface area (Å²) in [5.41, 5.74) is 0.644. The van der Waals surface area contributed by atoms with Crippen molar-refractivity contribution < 1.29 is 24.2 Å². The third-order valence-corrected chi connectivity index (χ3v) is 5.76. The van der Waals surface area contributed by atoms with Crippen molar-refractivity contribution in [3.05, 3.63) is 18.2 Å². The number of carboxylic acids is 1. The summed E-state index contributed by atoms with van der Waals surface area (Å²) in [4.78, 5) is 43.5. The highest BCUT2D eigenvalue weighted by Crippen LogP contribution is 2.14. The third-order valence-electron chi connectivity index (χ3n) is 5.12. The number of ether oxygens (including phenoxy) is 1. The minimum Gasteiger partial charge on any atom is -0.480 e. The number of aliphatic carboxylic acids is 1. The van der Waals surface area contributed by atoms with Crippen LogP contribution in [0.1, 0.15) is 46.2 Å². The normalized spacial score (nSPS) is 15.2. The van der Waals surface area contributed by atoms with Gasteiger partial charge in [-0.1, -0.05) is 34.1 Å². The van der Waals surface area contributed by atoms with Gasteiger partial charge in [-0.3, -0.25) is 9.59 Å². The van der Waals surface area contributed by atoms with E-state index in [1.165, 1.54) is 18.1 Å². The number of hydrogen-bond acceptors (Lipinski definition) is 6. The molecule has 0 aliphatic rings. The summed E-state index contributed by atoms with van der Waals surface area (Å²) in [7, 11) is 0. The minimum absolute atomic E-state index is 0.132. The molecule has 0 spiro atoms. The van der Waals surface area contributed by atoms with Crippen LogP contribution in [0.3, 0.4) is 0 Å². The van der Waals surface area contributed by atoms with E-state index >= 15 is 0 Å².